The number of benzene rings is 1. The van der Waals surface area contributed by atoms with Gasteiger partial charge in [0.25, 0.3) is 0 Å². The molecule has 3 heteroatoms. The Kier molecular flexibility index (Phi) is 4.13. The van der Waals surface area contributed by atoms with Crippen LogP contribution in [0.1, 0.15) is 31.4 Å². The Hall–Kier alpha value is -0.930. The first kappa shape index (κ1) is 12.5. The quantitative estimate of drug-likeness (QED) is 0.821. The summed E-state index contributed by atoms with van der Waals surface area (Å²) in [6, 6.07) is 7.16. The van der Waals surface area contributed by atoms with Crippen LogP contribution >= 0.6 is 0 Å². The fourth-order valence-electron chi connectivity index (χ4n) is 2.03. The molecule has 2 nitrogen and oxygen atoms in total. The van der Waals surface area contributed by atoms with Crippen molar-refractivity contribution in [2.45, 2.75) is 31.9 Å². The highest BCUT2D eigenvalue weighted by Gasteiger charge is 2.32. The van der Waals surface area contributed by atoms with Crippen LogP contribution in [-0.4, -0.2) is 19.8 Å². The Morgan fingerprint density at radius 3 is 2.53 bits per heavy atom. The van der Waals surface area contributed by atoms with Crippen LogP contribution in [-0.2, 0) is 4.74 Å². The summed E-state index contributed by atoms with van der Waals surface area (Å²) in [5.41, 5.74) is 1.18. The molecule has 0 aromatic heterocycles. The van der Waals surface area contributed by atoms with Crippen LogP contribution in [0.2, 0.25) is 0 Å². The molecule has 94 valence electrons. The summed E-state index contributed by atoms with van der Waals surface area (Å²) in [5.74, 6) is 0.526. The zero-order valence-electron chi connectivity index (χ0n) is 10.4. The van der Waals surface area contributed by atoms with E-state index >= 15 is 0 Å². The topological polar surface area (TPSA) is 21.3 Å². The van der Waals surface area contributed by atoms with Crippen molar-refractivity contribution < 1.29 is 9.13 Å². The van der Waals surface area contributed by atoms with Crippen LogP contribution < -0.4 is 5.32 Å². The molecule has 0 aliphatic heterocycles. The minimum Gasteiger partial charge on any atom is -0.380 e. The Balaban J connectivity index is 1.99. The molecule has 2 atom stereocenters. The van der Waals surface area contributed by atoms with Crippen molar-refractivity contribution in [1.82, 2.24) is 5.32 Å². The Morgan fingerprint density at radius 2 is 2.00 bits per heavy atom. The molecule has 0 spiro atoms. The van der Waals surface area contributed by atoms with Crippen molar-refractivity contribution in [1.29, 1.82) is 0 Å². The number of methoxy groups -OCH3 is 1. The van der Waals surface area contributed by atoms with Crippen LogP contribution in [0.4, 0.5) is 4.39 Å². The summed E-state index contributed by atoms with van der Waals surface area (Å²) in [4.78, 5) is 0. The lowest BCUT2D eigenvalue weighted by Gasteiger charge is -2.21. The molecular weight excluding hydrogens is 217 g/mol. The third-order valence-corrected chi connectivity index (χ3v) is 3.35. The number of hydrogen-bond acceptors (Lipinski definition) is 2. The highest BCUT2D eigenvalue weighted by Crippen LogP contribution is 2.40. The molecule has 0 heterocycles. The number of hydrogen-bond donors (Lipinski definition) is 1. The van der Waals surface area contributed by atoms with Crippen molar-refractivity contribution >= 4 is 0 Å². The normalized spacial score (nSPS) is 19.0. The minimum absolute atomic E-state index is 0.173. The average molecular weight is 237 g/mol. The van der Waals surface area contributed by atoms with Gasteiger partial charge in [0.15, 0.2) is 0 Å². The van der Waals surface area contributed by atoms with E-state index in [1.807, 2.05) is 19.1 Å². The molecule has 1 N–H and O–H groups in total. The summed E-state index contributed by atoms with van der Waals surface area (Å²) in [6.07, 6.45) is 2.73. The predicted molar refractivity (Wildman–Crippen MR) is 66.3 cm³/mol. The molecule has 2 rings (SSSR count). The van der Waals surface area contributed by atoms with Gasteiger partial charge in [-0.25, -0.2) is 4.39 Å². The van der Waals surface area contributed by atoms with E-state index in [0.29, 0.717) is 12.0 Å². The summed E-state index contributed by atoms with van der Waals surface area (Å²) in [6.45, 7) is 2.87. The van der Waals surface area contributed by atoms with E-state index in [9.17, 15) is 4.39 Å². The molecule has 1 aromatic rings. The van der Waals surface area contributed by atoms with E-state index in [-0.39, 0.29) is 11.9 Å². The van der Waals surface area contributed by atoms with Crippen molar-refractivity contribution in [3.63, 3.8) is 0 Å². The van der Waals surface area contributed by atoms with Gasteiger partial charge in [-0.05, 0) is 43.4 Å². The molecule has 1 saturated carbocycles. The third-order valence-electron chi connectivity index (χ3n) is 3.35. The zero-order valence-corrected chi connectivity index (χ0v) is 10.4. The van der Waals surface area contributed by atoms with Gasteiger partial charge >= 0.3 is 0 Å². The van der Waals surface area contributed by atoms with Crippen molar-refractivity contribution in [2.24, 2.45) is 5.92 Å². The predicted octanol–water partition coefficient (Wildman–Crippen LogP) is 2.90. The van der Waals surface area contributed by atoms with Gasteiger partial charge in [-0.3, -0.25) is 0 Å². The van der Waals surface area contributed by atoms with Crippen molar-refractivity contribution in [3.8, 4) is 0 Å². The SMILES string of the molecule is COC(C)CNC(c1ccc(F)cc1)C1CC1. The lowest BCUT2D eigenvalue weighted by molar-refractivity contribution is 0.113. The van der Waals surface area contributed by atoms with Gasteiger partial charge in [0.05, 0.1) is 6.10 Å². The maximum atomic E-state index is 12.9. The second-order valence-corrected chi connectivity index (χ2v) is 4.82. The standard InChI is InChI=1S/C14H20FNO/c1-10(17-2)9-16-14(11-3-4-11)12-5-7-13(15)8-6-12/h5-8,10-11,14,16H,3-4,9H2,1-2H3. The number of rotatable bonds is 6. The minimum atomic E-state index is -0.173. The van der Waals surface area contributed by atoms with E-state index < -0.39 is 0 Å². The molecule has 0 saturated heterocycles. The Morgan fingerprint density at radius 1 is 1.35 bits per heavy atom. The van der Waals surface area contributed by atoms with Gasteiger partial charge < -0.3 is 10.1 Å². The molecular formula is C14H20FNO. The molecule has 1 aliphatic carbocycles. The fraction of sp³-hybridized carbons (Fsp3) is 0.571. The van der Waals surface area contributed by atoms with Crippen LogP contribution in [0.25, 0.3) is 0 Å². The van der Waals surface area contributed by atoms with Crippen molar-refractivity contribution in [3.05, 3.63) is 35.6 Å². The largest absolute Gasteiger partial charge is 0.380 e. The average Bonchev–Trinajstić information content (AvgIpc) is 3.15. The Bertz CT molecular complexity index is 348. The van der Waals surface area contributed by atoms with Crippen LogP contribution in [0.5, 0.6) is 0 Å². The van der Waals surface area contributed by atoms with Crippen LogP contribution in [0, 0.1) is 11.7 Å². The lowest BCUT2D eigenvalue weighted by Crippen LogP contribution is -2.31. The van der Waals surface area contributed by atoms with Crippen LogP contribution in [0.15, 0.2) is 24.3 Å². The number of nitrogens with one attached hydrogen (secondary N) is 1. The van der Waals surface area contributed by atoms with Gasteiger partial charge in [-0.1, -0.05) is 12.1 Å². The zero-order chi connectivity index (χ0) is 12.3. The third kappa shape index (κ3) is 3.51. The smallest absolute Gasteiger partial charge is 0.123 e. The van der Waals surface area contributed by atoms with E-state index in [0.717, 1.165) is 6.54 Å². The molecule has 1 aliphatic rings. The van der Waals surface area contributed by atoms with E-state index in [4.69, 9.17) is 4.74 Å². The van der Waals surface area contributed by atoms with E-state index in [2.05, 4.69) is 5.32 Å². The maximum Gasteiger partial charge on any atom is 0.123 e. The van der Waals surface area contributed by atoms with Gasteiger partial charge in [0.2, 0.25) is 0 Å². The molecule has 17 heavy (non-hydrogen) atoms. The second kappa shape index (κ2) is 5.61. The molecule has 0 radical (unpaired) electrons. The van der Waals surface area contributed by atoms with Gasteiger partial charge in [-0.15, -0.1) is 0 Å². The summed E-state index contributed by atoms with van der Waals surface area (Å²) < 4.78 is 18.1. The number of halogens is 1. The van der Waals surface area contributed by atoms with Gasteiger partial charge in [0, 0.05) is 19.7 Å². The molecule has 1 fully saturated rings. The highest BCUT2D eigenvalue weighted by molar-refractivity contribution is 5.22. The molecule has 1 aromatic carbocycles. The summed E-state index contributed by atoms with van der Waals surface area (Å²) in [7, 11) is 1.72. The van der Waals surface area contributed by atoms with Crippen LogP contribution in [0.3, 0.4) is 0 Å². The summed E-state index contributed by atoms with van der Waals surface area (Å²) in [5, 5.41) is 3.52. The van der Waals surface area contributed by atoms with E-state index in [1.54, 1.807) is 7.11 Å². The van der Waals surface area contributed by atoms with Gasteiger partial charge in [0.1, 0.15) is 5.82 Å². The molecule has 0 amide bonds. The monoisotopic (exact) mass is 237 g/mol. The van der Waals surface area contributed by atoms with Crippen molar-refractivity contribution in [2.75, 3.05) is 13.7 Å². The first-order chi connectivity index (χ1) is 8.20. The maximum absolute atomic E-state index is 12.9. The molecule has 2 unspecified atom stereocenters. The first-order valence-corrected chi connectivity index (χ1v) is 6.22. The first-order valence-electron chi connectivity index (χ1n) is 6.22. The van der Waals surface area contributed by atoms with Gasteiger partial charge in [-0.2, -0.15) is 0 Å². The molecule has 0 bridgehead atoms. The number of ether oxygens (including phenoxy) is 1. The highest BCUT2D eigenvalue weighted by atomic mass is 19.1. The summed E-state index contributed by atoms with van der Waals surface area (Å²) >= 11 is 0. The van der Waals surface area contributed by atoms with E-state index in [1.165, 1.54) is 30.5 Å². The lowest BCUT2D eigenvalue weighted by atomic mass is 10.0. The second-order valence-electron chi connectivity index (χ2n) is 4.82. The Labute approximate surface area is 102 Å². The fourth-order valence-corrected chi connectivity index (χ4v) is 2.03.